The average Bonchev–Trinajstić information content (AvgIpc) is 2.50. The molecule has 0 aliphatic carbocycles. The monoisotopic (exact) mass is 229 g/mol. The fourth-order valence-corrected chi connectivity index (χ4v) is 2.61. The van der Waals surface area contributed by atoms with E-state index in [4.69, 9.17) is 0 Å². The van der Waals surface area contributed by atoms with Gasteiger partial charge in [0.2, 0.25) is 0 Å². The van der Waals surface area contributed by atoms with Crippen molar-refractivity contribution in [2.24, 2.45) is 10.4 Å². The minimum atomic E-state index is 0.337. The Kier molecular flexibility index (Phi) is 4.32. The van der Waals surface area contributed by atoms with Gasteiger partial charge in [-0.05, 0) is 11.7 Å². The number of nitrogens with one attached hydrogen (secondary N) is 1. The highest BCUT2D eigenvalue weighted by Gasteiger charge is 2.24. The molecule has 0 bridgehead atoms. The first-order valence-corrected chi connectivity index (χ1v) is 6.76. The van der Waals surface area contributed by atoms with E-state index in [9.17, 15) is 0 Å². The number of rotatable bonds is 3. The third-order valence-electron chi connectivity index (χ3n) is 2.75. The van der Waals surface area contributed by atoms with E-state index in [0.29, 0.717) is 10.7 Å². The molecule has 1 aliphatic heterocycles. The number of likely N-dealkylation sites (N-methyl/N-ethyl adjacent to an activating group) is 1. The van der Waals surface area contributed by atoms with Crippen molar-refractivity contribution in [3.8, 4) is 0 Å². The van der Waals surface area contributed by atoms with Crippen molar-refractivity contribution < 1.29 is 0 Å². The fraction of sp³-hybridized carbons (Fsp3) is 0.909. The smallest absolute Gasteiger partial charge is 0.193 e. The van der Waals surface area contributed by atoms with Gasteiger partial charge in [0.15, 0.2) is 5.96 Å². The van der Waals surface area contributed by atoms with E-state index in [2.05, 4.69) is 49.3 Å². The van der Waals surface area contributed by atoms with E-state index in [1.807, 2.05) is 11.8 Å². The molecule has 1 heterocycles. The molecule has 0 saturated carbocycles. The SMILES string of the molecule is CSC(CNC1=NCCN1C)C(C)(C)C. The fourth-order valence-electron chi connectivity index (χ4n) is 1.65. The van der Waals surface area contributed by atoms with E-state index in [-0.39, 0.29) is 0 Å². The Labute approximate surface area is 97.7 Å². The zero-order valence-electron chi connectivity index (χ0n) is 10.5. The normalized spacial score (nSPS) is 19.0. The highest BCUT2D eigenvalue weighted by Crippen LogP contribution is 2.28. The molecule has 0 saturated heterocycles. The molecule has 0 amide bonds. The summed E-state index contributed by atoms with van der Waals surface area (Å²) < 4.78 is 0. The van der Waals surface area contributed by atoms with E-state index >= 15 is 0 Å². The molecule has 0 aromatic carbocycles. The minimum absolute atomic E-state index is 0.337. The standard InChI is InChI=1S/C11H23N3S/c1-11(2,3)9(15-5)8-13-10-12-6-7-14(10)4/h9H,6-8H2,1-5H3,(H,12,13). The Hall–Kier alpha value is -0.380. The van der Waals surface area contributed by atoms with Crippen LogP contribution in [0.2, 0.25) is 0 Å². The van der Waals surface area contributed by atoms with Crippen molar-refractivity contribution in [3.63, 3.8) is 0 Å². The zero-order valence-corrected chi connectivity index (χ0v) is 11.3. The van der Waals surface area contributed by atoms with Gasteiger partial charge in [-0.1, -0.05) is 20.8 Å². The molecule has 1 unspecified atom stereocenters. The van der Waals surface area contributed by atoms with Crippen molar-refractivity contribution in [2.45, 2.75) is 26.0 Å². The van der Waals surface area contributed by atoms with Crippen LogP contribution in [0.5, 0.6) is 0 Å². The van der Waals surface area contributed by atoms with Gasteiger partial charge >= 0.3 is 0 Å². The summed E-state index contributed by atoms with van der Waals surface area (Å²) in [5.74, 6) is 1.05. The molecule has 3 nitrogen and oxygen atoms in total. The lowest BCUT2D eigenvalue weighted by Crippen LogP contribution is -2.42. The van der Waals surface area contributed by atoms with Gasteiger partial charge < -0.3 is 10.2 Å². The molecular weight excluding hydrogens is 206 g/mol. The summed E-state index contributed by atoms with van der Waals surface area (Å²) in [5, 5.41) is 4.06. The molecule has 0 aromatic heterocycles. The molecule has 1 N–H and O–H groups in total. The minimum Gasteiger partial charge on any atom is -0.355 e. The Morgan fingerprint density at radius 1 is 1.53 bits per heavy atom. The second kappa shape index (κ2) is 5.10. The van der Waals surface area contributed by atoms with Crippen molar-refractivity contribution in [1.29, 1.82) is 0 Å². The van der Waals surface area contributed by atoms with Gasteiger partial charge in [0, 0.05) is 25.4 Å². The van der Waals surface area contributed by atoms with Crippen molar-refractivity contribution >= 4 is 17.7 Å². The summed E-state index contributed by atoms with van der Waals surface area (Å²) in [4.78, 5) is 6.61. The second-order valence-electron chi connectivity index (χ2n) is 5.10. The number of hydrogen-bond acceptors (Lipinski definition) is 4. The second-order valence-corrected chi connectivity index (χ2v) is 6.14. The van der Waals surface area contributed by atoms with Gasteiger partial charge in [0.1, 0.15) is 0 Å². The molecule has 0 fully saturated rings. The summed E-state index contributed by atoms with van der Waals surface area (Å²) in [6.45, 7) is 9.83. The van der Waals surface area contributed by atoms with Crippen LogP contribution in [0.4, 0.5) is 0 Å². The predicted octanol–water partition coefficient (Wildman–Crippen LogP) is 1.66. The molecule has 1 atom stereocenters. The largest absolute Gasteiger partial charge is 0.355 e. The van der Waals surface area contributed by atoms with Crippen LogP contribution >= 0.6 is 11.8 Å². The van der Waals surface area contributed by atoms with Crippen LogP contribution in [0, 0.1) is 5.41 Å². The molecule has 0 spiro atoms. The predicted molar refractivity (Wildman–Crippen MR) is 69.7 cm³/mol. The number of thioether (sulfide) groups is 1. The molecule has 1 rings (SSSR count). The molecule has 0 aromatic rings. The summed E-state index contributed by atoms with van der Waals surface area (Å²) in [7, 11) is 2.09. The third kappa shape index (κ3) is 3.59. The van der Waals surface area contributed by atoms with Gasteiger partial charge in [-0.15, -0.1) is 0 Å². The summed E-state index contributed by atoms with van der Waals surface area (Å²) >= 11 is 1.93. The maximum absolute atomic E-state index is 4.43. The molecule has 88 valence electrons. The first-order chi connectivity index (χ1) is 6.95. The van der Waals surface area contributed by atoms with Crippen LogP contribution in [0.15, 0.2) is 4.99 Å². The van der Waals surface area contributed by atoms with Crippen LogP contribution in [-0.2, 0) is 0 Å². The van der Waals surface area contributed by atoms with Gasteiger partial charge in [-0.25, -0.2) is 0 Å². The van der Waals surface area contributed by atoms with E-state index in [1.165, 1.54) is 0 Å². The van der Waals surface area contributed by atoms with Crippen molar-refractivity contribution in [2.75, 3.05) is 32.9 Å². The van der Waals surface area contributed by atoms with E-state index < -0.39 is 0 Å². The van der Waals surface area contributed by atoms with E-state index in [0.717, 1.165) is 25.6 Å². The Morgan fingerprint density at radius 2 is 2.20 bits per heavy atom. The number of nitrogens with zero attached hydrogens (tertiary/aromatic N) is 2. The van der Waals surface area contributed by atoms with Crippen molar-refractivity contribution in [1.82, 2.24) is 10.2 Å². The quantitative estimate of drug-likeness (QED) is 0.797. The van der Waals surface area contributed by atoms with Crippen LogP contribution in [0.1, 0.15) is 20.8 Å². The molecular formula is C11H23N3S. The number of aliphatic imine (C=N–C) groups is 1. The van der Waals surface area contributed by atoms with Gasteiger partial charge in [0.25, 0.3) is 0 Å². The average molecular weight is 229 g/mol. The van der Waals surface area contributed by atoms with Gasteiger partial charge in [-0.3, -0.25) is 4.99 Å². The summed E-state index contributed by atoms with van der Waals surface area (Å²) in [6, 6.07) is 0. The van der Waals surface area contributed by atoms with Gasteiger partial charge in [-0.2, -0.15) is 11.8 Å². The Bertz CT molecular complexity index is 232. The number of hydrogen-bond donors (Lipinski definition) is 1. The summed E-state index contributed by atoms with van der Waals surface area (Å²) in [6.07, 6.45) is 2.18. The van der Waals surface area contributed by atoms with E-state index in [1.54, 1.807) is 0 Å². The Balaban J connectivity index is 2.41. The summed E-state index contributed by atoms with van der Waals surface area (Å²) in [5.41, 5.74) is 0.337. The van der Waals surface area contributed by atoms with Crippen LogP contribution in [-0.4, -0.2) is 49.0 Å². The molecule has 15 heavy (non-hydrogen) atoms. The third-order valence-corrected chi connectivity index (χ3v) is 4.20. The van der Waals surface area contributed by atoms with Crippen LogP contribution < -0.4 is 5.32 Å². The van der Waals surface area contributed by atoms with Gasteiger partial charge in [0.05, 0.1) is 6.54 Å². The lowest BCUT2D eigenvalue weighted by molar-refractivity contribution is 0.388. The molecule has 4 heteroatoms. The Morgan fingerprint density at radius 3 is 2.60 bits per heavy atom. The number of guanidine groups is 1. The maximum atomic E-state index is 4.43. The lowest BCUT2D eigenvalue weighted by atomic mass is 9.91. The topological polar surface area (TPSA) is 27.6 Å². The zero-order chi connectivity index (χ0) is 11.5. The van der Waals surface area contributed by atoms with Crippen molar-refractivity contribution in [3.05, 3.63) is 0 Å². The van der Waals surface area contributed by atoms with Crippen LogP contribution in [0.3, 0.4) is 0 Å². The molecule has 0 radical (unpaired) electrons. The highest BCUT2D eigenvalue weighted by molar-refractivity contribution is 7.99. The highest BCUT2D eigenvalue weighted by atomic mass is 32.2. The maximum Gasteiger partial charge on any atom is 0.193 e. The first-order valence-electron chi connectivity index (χ1n) is 5.47. The first kappa shape index (κ1) is 12.7. The molecule has 1 aliphatic rings. The lowest BCUT2D eigenvalue weighted by Gasteiger charge is -2.30. The van der Waals surface area contributed by atoms with Crippen LogP contribution in [0.25, 0.3) is 0 Å².